The number of aliphatic hydroxyl groups excluding tert-OH is 1. The molecule has 1 aromatic heterocycles. The van der Waals surface area contributed by atoms with Gasteiger partial charge in [0.15, 0.2) is 0 Å². The van der Waals surface area contributed by atoms with E-state index in [1.807, 2.05) is 38.2 Å². The molecule has 0 aliphatic rings. The molecule has 3 N–H and O–H groups in total. The van der Waals surface area contributed by atoms with Crippen LogP contribution in [0, 0.1) is 5.92 Å². The Labute approximate surface area is 129 Å². The third-order valence-corrected chi connectivity index (χ3v) is 3.91. The lowest BCUT2D eigenvalue weighted by molar-refractivity contribution is -0.121. The van der Waals surface area contributed by atoms with Crippen molar-refractivity contribution in [2.24, 2.45) is 5.92 Å². The highest BCUT2D eigenvalue weighted by Crippen LogP contribution is 2.22. The van der Waals surface area contributed by atoms with E-state index in [0.29, 0.717) is 23.8 Å². The third kappa shape index (κ3) is 3.99. The monoisotopic (exact) mass is 308 g/mol. The molecular formula is C16H21ClN2O2. The highest BCUT2D eigenvalue weighted by molar-refractivity contribution is 6.31. The maximum atomic E-state index is 12.2. The summed E-state index contributed by atoms with van der Waals surface area (Å²) in [7, 11) is 0. The van der Waals surface area contributed by atoms with Crippen LogP contribution in [0.15, 0.2) is 24.4 Å². The largest absolute Gasteiger partial charge is 0.396 e. The van der Waals surface area contributed by atoms with E-state index in [-0.39, 0.29) is 18.6 Å². The number of aromatic nitrogens is 1. The molecule has 1 aromatic carbocycles. The van der Waals surface area contributed by atoms with Gasteiger partial charge in [-0.25, -0.2) is 0 Å². The lowest BCUT2D eigenvalue weighted by Crippen LogP contribution is -2.39. The van der Waals surface area contributed by atoms with Gasteiger partial charge in [0, 0.05) is 34.8 Å². The Hall–Kier alpha value is -1.52. The molecule has 0 radical (unpaired) electrons. The van der Waals surface area contributed by atoms with Gasteiger partial charge in [0.25, 0.3) is 0 Å². The fourth-order valence-electron chi connectivity index (χ4n) is 2.44. The molecule has 0 saturated carbocycles. The lowest BCUT2D eigenvalue weighted by atomic mass is 10.0. The number of benzene rings is 1. The topological polar surface area (TPSA) is 65.1 Å². The van der Waals surface area contributed by atoms with Gasteiger partial charge in [-0.05, 0) is 36.1 Å². The van der Waals surface area contributed by atoms with Crippen molar-refractivity contribution in [3.8, 4) is 0 Å². The number of halogens is 1. The van der Waals surface area contributed by atoms with Crippen LogP contribution in [0.3, 0.4) is 0 Å². The maximum Gasteiger partial charge on any atom is 0.224 e. The molecule has 5 heteroatoms. The molecule has 1 amide bonds. The smallest absolute Gasteiger partial charge is 0.224 e. The van der Waals surface area contributed by atoms with E-state index in [2.05, 4.69) is 10.3 Å². The van der Waals surface area contributed by atoms with Crippen molar-refractivity contribution in [3.05, 3.63) is 35.0 Å². The van der Waals surface area contributed by atoms with Crippen molar-refractivity contribution in [2.75, 3.05) is 6.61 Å². The third-order valence-electron chi connectivity index (χ3n) is 3.67. The molecule has 1 unspecified atom stereocenters. The van der Waals surface area contributed by atoms with Crippen LogP contribution in [0.2, 0.25) is 5.02 Å². The molecule has 21 heavy (non-hydrogen) atoms. The normalized spacial score (nSPS) is 12.8. The number of nitrogens with one attached hydrogen (secondary N) is 2. The number of hydrogen-bond donors (Lipinski definition) is 3. The minimum absolute atomic E-state index is 0.00343. The summed E-state index contributed by atoms with van der Waals surface area (Å²) in [4.78, 5) is 15.3. The fraction of sp³-hybridized carbons (Fsp3) is 0.438. The molecule has 1 heterocycles. The Bertz CT molecular complexity index is 622. The Morgan fingerprint density at radius 3 is 2.86 bits per heavy atom. The van der Waals surface area contributed by atoms with Crippen LogP contribution >= 0.6 is 11.6 Å². The number of fused-ring (bicyclic) bond motifs is 1. The van der Waals surface area contributed by atoms with Crippen LogP contribution in [-0.2, 0) is 11.2 Å². The Kier molecular flexibility index (Phi) is 5.26. The van der Waals surface area contributed by atoms with Gasteiger partial charge in [0.1, 0.15) is 0 Å². The molecule has 0 spiro atoms. The maximum absolute atomic E-state index is 12.2. The first-order chi connectivity index (χ1) is 10.0. The molecule has 0 bridgehead atoms. The number of aliphatic hydroxyl groups is 1. The molecular weight excluding hydrogens is 288 g/mol. The van der Waals surface area contributed by atoms with Crippen molar-refractivity contribution in [2.45, 2.75) is 32.7 Å². The van der Waals surface area contributed by atoms with Gasteiger partial charge in [-0.3, -0.25) is 4.79 Å². The summed E-state index contributed by atoms with van der Waals surface area (Å²) in [5.41, 5.74) is 1.90. The lowest BCUT2D eigenvalue weighted by Gasteiger charge is -2.21. The summed E-state index contributed by atoms with van der Waals surface area (Å²) in [5.74, 6) is 0.251. The molecule has 0 saturated heterocycles. The molecule has 4 nitrogen and oxygen atoms in total. The minimum Gasteiger partial charge on any atom is -0.396 e. The second-order valence-electron chi connectivity index (χ2n) is 5.61. The summed E-state index contributed by atoms with van der Waals surface area (Å²) in [6.45, 7) is 4.14. The number of carbonyl (C=O) groups excluding carboxylic acids is 1. The van der Waals surface area contributed by atoms with E-state index in [1.54, 1.807) is 0 Å². The fourth-order valence-corrected chi connectivity index (χ4v) is 2.61. The van der Waals surface area contributed by atoms with Crippen LogP contribution in [0.25, 0.3) is 10.9 Å². The van der Waals surface area contributed by atoms with Crippen molar-refractivity contribution < 1.29 is 9.90 Å². The average molecular weight is 309 g/mol. The van der Waals surface area contributed by atoms with E-state index in [0.717, 1.165) is 16.5 Å². The summed E-state index contributed by atoms with van der Waals surface area (Å²) in [6.07, 6.45) is 2.72. The predicted molar refractivity (Wildman–Crippen MR) is 85.5 cm³/mol. The molecule has 1 atom stereocenters. The molecule has 0 fully saturated rings. The summed E-state index contributed by atoms with van der Waals surface area (Å²) in [6, 6.07) is 5.59. The van der Waals surface area contributed by atoms with E-state index in [4.69, 9.17) is 16.7 Å². The molecule has 0 aliphatic heterocycles. The number of rotatable bonds is 6. The first-order valence-corrected chi connectivity index (χ1v) is 7.54. The first kappa shape index (κ1) is 15.9. The molecule has 2 aromatic rings. The van der Waals surface area contributed by atoms with E-state index in [9.17, 15) is 4.79 Å². The molecule has 114 valence electrons. The van der Waals surface area contributed by atoms with Crippen LogP contribution in [0.5, 0.6) is 0 Å². The standard InChI is InChI=1S/C16H21ClN2O2/c1-10(2)14(5-6-20)19-16(21)7-11-9-18-15-4-3-12(17)8-13(11)15/h3-4,8-10,14,18,20H,5-7H2,1-2H3,(H,19,21). The Balaban J connectivity index is 2.09. The van der Waals surface area contributed by atoms with Crippen molar-refractivity contribution in [1.29, 1.82) is 0 Å². The minimum atomic E-state index is -0.0389. The highest BCUT2D eigenvalue weighted by Gasteiger charge is 2.17. The van der Waals surface area contributed by atoms with E-state index in [1.165, 1.54) is 0 Å². The first-order valence-electron chi connectivity index (χ1n) is 7.17. The van der Waals surface area contributed by atoms with Gasteiger partial charge in [-0.2, -0.15) is 0 Å². The SMILES string of the molecule is CC(C)C(CCO)NC(=O)Cc1c[nH]c2ccc(Cl)cc12. The van der Waals surface area contributed by atoms with Crippen LogP contribution in [0.4, 0.5) is 0 Å². The Morgan fingerprint density at radius 2 is 2.19 bits per heavy atom. The van der Waals surface area contributed by atoms with Gasteiger partial charge < -0.3 is 15.4 Å². The molecule has 2 rings (SSSR count). The van der Waals surface area contributed by atoms with Crippen LogP contribution in [-0.4, -0.2) is 28.6 Å². The van der Waals surface area contributed by atoms with E-state index >= 15 is 0 Å². The van der Waals surface area contributed by atoms with Gasteiger partial charge >= 0.3 is 0 Å². The second-order valence-corrected chi connectivity index (χ2v) is 6.05. The highest BCUT2D eigenvalue weighted by atomic mass is 35.5. The zero-order valence-electron chi connectivity index (χ0n) is 12.3. The van der Waals surface area contributed by atoms with Crippen molar-refractivity contribution in [3.63, 3.8) is 0 Å². The zero-order chi connectivity index (χ0) is 15.4. The van der Waals surface area contributed by atoms with Crippen LogP contribution in [0.1, 0.15) is 25.8 Å². The van der Waals surface area contributed by atoms with E-state index < -0.39 is 0 Å². The number of aromatic amines is 1. The predicted octanol–water partition coefficient (Wildman–Crippen LogP) is 2.89. The van der Waals surface area contributed by atoms with Crippen molar-refractivity contribution in [1.82, 2.24) is 10.3 Å². The van der Waals surface area contributed by atoms with Crippen molar-refractivity contribution >= 4 is 28.4 Å². The number of H-pyrrole nitrogens is 1. The number of amides is 1. The number of hydrogen-bond acceptors (Lipinski definition) is 2. The number of carbonyl (C=O) groups is 1. The van der Waals surface area contributed by atoms with Gasteiger partial charge in [-0.1, -0.05) is 25.4 Å². The van der Waals surface area contributed by atoms with Gasteiger partial charge in [0.05, 0.1) is 6.42 Å². The second kappa shape index (κ2) is 6.96. The average Bonchev–Trinajstić information content (AvgIpc) is 2.80. The quantitative estimate of drug-likeness (QED) is 0.768. The zero-order valence-corrected chi connectivity index (χ0v) is 13.1. The summed E-state index contributed by atoms with van der Waals surface area (Å²) < 4.78 is 0. The van der Waals surface area contributed by atoms with Gasteiger partial charge in [0.2, 0.25) is 5.91 Å². The van der Waals surface area contributed by atoms with Gasteiger partial charge in [-0.15, -0.1) is 0 Å². The summed E-state index contributed by atoms with van der Waals surface area (Å²) >= 11 is 6.01. The summed E-state index contributed by atoms with van der Waals surface area (Å²) in [5, 5.41) is 13.7. The Morgan fingerprint density at radius 1 is 1.43 bits per heavy atom. The van der Waals surface area contributed by atoms with Crippen LogP contribution < -0.4 is 5.32 Å². The molecule has 0 aliphatic carbocycles.